The maximum Gasteiger partial charge on any atom is 0.223 e. The first-order valence-electron chi connectivity index (χ1n) is 11.1. The van der Waals surface area contributed by atoms with E-state index >= 15 is 0 Å². The predicted molar refractivity (Wildman–Crippen MR) is 106 cm³/mol. The van der Waals surface area contributed by atoms with Gasteiger partial charge in [0.05, 0.1) is 25.4 Å². The first-order chi connectivity index (χ1) is 13.6. The van der Waals surface area contributed by atoms with Gasteiger partial charge >= 0.3 is 0 Å². The third-order valence-electron chi connectivity index (χ3n) is 7.38. The molecule has 3 fully saturated rings. The first kappa shape index (κ1) is 18.5. The van der Waals surface area contributed by atoms with E-state index in [0.29, 0.717) is 38.0 Å². The average molecular weight is 385 g/mol. The van der Waals surface area contributed by atoms with Crippen LogP contribution in [0.1, 0.15) is 74.4 Å². The number of rotatable bonds is 3. The molecule has 5 rings (SSSR count). The summed E-state index contributed by atoms with van der Waals surface area (Å²) in [5, 5.41) is 0. The monoisotopic (exact) mass is 384 g/mol. The van der Waals surface area contributed by atoms with Gasteiger partial charge in [-0.3, -0.25) is 4.79 Å². The van der Waals surface area contributed by atoms with E-state index in [1.54, 1.807) is 0 Å². The number of likely N-dealkylation sites (tertiary alicyclic amines) is 2. The van der Waals surface area contributed by atoms with Crippen LogP contribution in [-0.2, 0) is 21.7 Å². The van der Waals surface area contributed by atoms with E-state index < -0.39 is 0 Å². The first-order valence-corrected chi connectivity index (χ1v) is 11.1. The van der Waals surface area contributed by atoms with Gasteiger partial charge < -0.3 is 14.5 Å². The summed E-state index contributed by atoms with van der Waals surface area (Å²) in [6, 6.07) is 0. The van der Waals surface area contributed by atoms with Crippen LogP contribution in [0.25, 0.3) is 0 Å². The van der Waals surface area contributed by atoms with Crippen LogP contribution in [0, 0.1) is 5.92 Å². The second kappa shape index (κ2) is 7.38. The summed E-state index contributed by atoms with van der Waals surface area (Å²) in [5.74, 6) is 2.36. The van der Waals surface area contributed by atoms with Crippen LogP contribution in [0.4, 0.5) is 0 Å². The molecule has 1 amide bonds. The molecule has 1 aliphatic carbocycles. The van der Waals surface area contributed by atoms with Crippen molar-refractivity contribution in [2.24, 2.45) is 5.92 Å². The number of hydrogen-bond donors (Lipinski definition) is 0. The molecule has 3 aliphatic heterocycles. The van der Waals surface area contributed by atoms with Gasteiger partial charge in [-0.05, 0) is 51.7 Å². The second-order valence-electron chi connectivity index (χ2n) is 9.41. The van der Waals surface area contributed by atoms with Gasteiger partial charge in [0.2, 0.25) is 5.91 Å². The number of aromatic nitrogens is 2. The van der Waals surface area contributed by atoms with E-state index in [-0.39, 0.29) is 11.5 Å². The van der Waals surface area contributed by atoms with Crippen LogP contribution in [0.2, 0.25) is 0 Å². The lowest BCUT2D eigenvalue weighted by molar-refractivity contribution is -0.169. The molecule has 0 atom stereocenters. The largest absolute Gasteiger partial charge is 0.360 e. The van der Waals surface area contributed by atoms with Crippen LogP contribution >= 0.6 is 0 Å². The maximum absolute atomic E-state index is 12.7. The average Bonchev–Trinajstić information content (AvgIpc) is 3.08. The second-order valence-corrected chi connectivity index (χ2v) is 9.41. The van der Waals surface area contributed by atoms with Crippen molar-refractivity contribution in [3.63, 3.8) is 0 Å². The Hall–Kier alpha value is -1.53. The number of hydrogen-bond acceptors (Lipinski definition) is 5. The lowest BCUT2D eigenvalue weighted by Gasteiger charge is -2.47. The fourth-order valence-corrected chi connectivity index (χ4v) is 5.42. The normalized spacial score (nSPS) is 25.7. The van der Waals surface area contributed by atoms with Gasteiger partial charge in [-0.25, -0.2) is 9.97 Å². The number of amides is 1. The van der Waals surface area contributed by atoms with E-state index in [1.807, 2.05) is 11.1 Å². The standard InChI is InChI=1S/C22H32N4O2/c1-25-9-7-16(8-10-25)11-20(27)26-14-22(15-26)18-12-23-21(24-19(18)13-28-22)17-5-3-2-4-6-17/h12,16-17H,2-11,13-15H2,1H3. The Morgan fingerprint density at radius 1 is 1.18 bits per heavy atom. The molecular weight excluding hydrogens is 352 g/mol. The highest BCUT2D eigenvalue weighted by Gasteiger charge is 2.52. The van der Waals surface area contributed by atoms with Crippen molar-refractivity contribution in [2.75, 3.05) is 33.2 Å². The summed E-state index contributed by atoms with van der Waals surface area (Å²) in [5.41, 5.74) is 1.83. The van der Waals surface area contributed by atoms with Gasteiger partial charge in [0.15, 0.2) is 0 Å². The SMILES string of the molecule is CN1CCC(CC(=O)N2CC3(C2)OCc2nc(C4CCCCC4)ncc23)CC1. The van der Waals surface area contributed by atoms with Crippen molar-refractivity contribution in [1.82, 2.24) is 19.8 Å². The molecule has 6 nitrogen and oxygen atoms in total. The van der Waals surface area contributed by atoms with E-state index in [9.17, 15) is 4.79 Å². The molecule has 0 radical (unpaired) electrons. The van der Waals surface area contributed by atoms with Crippen LogP contribution < -0.4 is 0 Å². The molecule has 1 aromatic rings. The minimum Gasteiger partial charge on any atom is -0.360 e. The zero-order valence-corrected chi connectivity index (χ0v) is 17.0. The Morgan fingerprint density at radius 3 is 2.68 bits per heavy atom. The molecular formula is C22H32N4O2. The Bertz CT molecular complexity index is 732. The fourth-order valence-electron chi connectivity index (χ4n) is 5.42. The Balaban J connectivity index is 1.20. The molecule has 0 unspecified atom stereocenters. The van der Waals surface area contributed by atoms with Crippen molar-refractivity contribution >= 4 is 5.91 Å². The number of piperidine rings is 1. The Morgan fingerprint density at radius 2 is 1.93 bits per heavy atom. The molecule has 28 heavy (non-hydrogen) atoms. The zero-order chi connectivity index (χ0) is 19.1. The summed E-state index contributed by atoms with van der Waals surface area (Å²) in [7, 11) is 2.16. The van der Waals surface area contributed by atoms with E-state index in [1.165, 1.54) is 32.1 Å². The summed E-state index contributed by atoms with van der Waals surface area (Å²) in [6.45, 7) is 4.11. The number of carbonyl (C=O) groups is 1. The molecule has 1 aromatic heterocycles. The molecule has 2 saturated heterocycles. The predicted octanol–water partition coefficient (Wildman–Crippen LogP) is 2.82. The van der Waals surface area contributed by atoms with Crippen molar-refractivity contribution in [2.45, 2.75) is 69.5 Å². The topological polar surface area (TPSA) is 58.6 Å². The highest BCUT2D eigenvalue weighted by atomic mass is 16.5. The van der Waals surface area contributed by atoms with Crippen molar-refractivity contribution in [3.05, 3.63) is 23.3 Å². The molecule has 0 aromatic carbocycles. The molecule has 0 N–H and O–H groups in total. The van der Waals surface area contributed by atoms with Crippen LogP contribution in [0.15, 0.2) is 6.20 Å². The molecule has 152 valence electrons. The summed E-state index contributed by atoms with van der Waals surface area (Å²) < 4.78 is 6.17. The summed E-state index contributed by atoms with van der Waals surface area (Å²) in [4.78, 5) is 26.6. The van der Waals surface area contributed by atoms with Crippen LogP contribution in [0.3, 0.4) is 0 Å². The van der Waals surface area contributed by atoms with E-state index in [4.69, 9.17) is 14.7 Å². The quantitative estimate of drug-likeness (QED) is 0.802. The highest BCUT2D eigenvalue weighted by molar-refractivity contribution is 5.78. The number of nitrogens with zero attached hydrogens (tertiary/aromatic N) is 4. The summed E-state index contributed by atoms with van der Waals surface area (Å²) >= 11 is 0. The van der Waals surface area contributed by atoms with Crippen molar-refractivity contribution in [1.29, 1.82) is 0 Å². The molecule has 4 heterocycles. The fraction of sp³-hybridized carbons (Fsp3) is 0.773. The van der Waals surface area contributed by atoms with Gasteiger partial charge in [-0.1, -0.05) is 19.3 Å². The molecule has 6 heteroatoms. The summed E-state index contributed by atoms with van der Waals surface area (Å²) in [6.07, 6.45) is 11.3. The zero-order valence-electron chi connectivity index (χ0n) is 17.0. The smallest absolute Gasteiger partial charge is 0.223 e. The Labute approximate surface area is 167 Å². The van der Waals surface area contributed by atoms with Crippen LogP contribution in [-0.4, -0.2) is 58.9 Å². The molecule has 4 aliphatic rings. The minimum atomic E-state index is -0.344. The van der Waals surface area contributed by atoms with E-state index in [2.05, 4.69) is 11.9 Å². The maximum atomic E-state index is 12.7. The van der Waals surface area contributed by atoms with Gasteiger partial charge in [-0.2, -0.15) is 0 Å². The Kier molecular flexibility index (Phi) is 4.87. The van der Waals surface area contributed by atoms with Gasteiger partial charge in [0.25, 0.3) is 0 Å². The number of carbonyl (C=O) groups excluding carboxylic acids is 1. The van der Waals surface area contributed by atoms with Crippen molar-refractivity contribution < 1.29 is 9.53 Å². The third-order valence-corrected chi connectivity index (χ3v) is 7.38. The van der Waals surface area contributed by atoms with Gasteiger partial charge in [0.1, 0.15) is 11.4 Å². The van der Waals surface area contributed by atoms with Crippen molar-refractivity contribution in [3.8, 4) is 0 Å². The minimum absolute atomic E-state index is 0.289. The van der Waals surface area contributed by atoms with Gasteiger partial charge in [-0.15, -0.1) is 0 Å². The molecule has 1 spiro atoms. The lowest BCUT2D eigenvalue weighted by atomic mass is 9.85. The third kappa shape index (κ3) is 3.35. The lowest BCUT2D eigenvalue weighted by Crippen LogP contribution is -2.61. The molecule has 0 bridgehead atoms. The highest BCUT2D eigenvalue weighted by Crippen LogP contribution is 2.43. The number of fused-ring (bicyclic) bond motifs is 2. The van der Waals surface area contributed by atoms with E-state index in [0.717, 1.165) is 43.0 Å². The van der Waals surface area contributed by atoms with Gasteiger partial charge in [0, 0.05) is 24.1 Å². The number of ether oxygens (including phenoxy) is 1. The molecule has 1 saturated carbocycles. The van der Waals surface area contributed by atoms with Crippen LogP contribution in [0.5, 0.6) is 0 Å².